The van der Waals surface area contributed by atoms with Crippen LogP contribution in [0, 0.1) is 0 Å². The van der Waals surface area contributed by atoms with Crippen LogP contribution in [0.5, 0.6) is 11.5 Å². The van der Waals surface area contributed by atoms with E-state index in [1.165, 1.54) is 0 Å². The monoisotopic (exact) mass is 374 g/mol. The van der Waals surface area contributed by atoms with E-state index in [0.717, 1.165) is 44.0 Å². The molecule has 2 aromatic carbocycles. The number of hydrogen-bond donors (Lipinski definition) is 1. The number of ether oxygens (including phenoxy) is 1. The topological polar surface area (TPSA) is 53.0 Å². The lowest BCUT2D eigenvalue weighted by molar-refractivity contribution is -0.132. The van der Waals surface area contributed by atoms with Gasteiger partial charge in [-0.25, -0.2) is 0 Å². The van der Waals surface area contributed by atoms with Gasteiger partial charge in [-0.2, -0.15) is 0 Å². The first-order valence-electron chi connectivity index (χ1n) is 8.76. The first-order valence-corrected chi connectivity index (χ1v) is 9.14. The van der Waals surface area contributed by atoms with Crippen LogP contribution in [0.2, 0.25) is 5.02 Å². The Morgan fingerprint density at radius 3 is 2.31 bits per heavy atom. The summed E-state index contributed by atoms with van der Waals surface area (Å²) in [4.78, 5) is 16.6. The number of benzene rings is 2. The summed E-state index contributed by atoms with van der Waals surface area (Å²) in [5.74, 6) is 1.17. The van der Waals surface area contributed by atoms with Gasteiger partial charge >= 0.3 is 0 Å². The summed E-state index contributed by atoms with van der Waals surface area (Å²) >= 11 is 5.86. The Labute approximate surface area is 158 Å². The van der Waals surface area contributed by atoms with Gasteiger partial charge in [0.25, 0.3) is 0 Å². The van der Waals surface area contributed by atoms with Crippen LogP contribution < -0.4 is 4.74 Å². The minimum Gasteiger partial charge on any atom is -0.508 e. The summed E-state index contributed by atoms with van der Waals surface area (Å²) in [5, 5.41) is 10.0. The van der Waals surface area contributed by atoms with E-state index >= 15 is 0 Å². The third-order valence-electron chi connectivity index (χ3n) is 4.51. The molecule has 1 aliphatic rings. The molecule has 1 saturated heterocycles. The van der Waals surface area contributed by atoms with Gasteiger partial charge in [-0.1, -0.05) is 23.7 Å². The molecule has 0 spiro atoms. The number of carbonyl (C=O) groups excluding carboxylic acids is 1. The highest BCUT2D eigenvalue weighted by Crippen LogP contribution is 2.16. The molecule has 0 unspecified atom stereocenters. The standard InChI is InChI=1S/C20H23ClN2O3/c21-17-3-7-19(8-4-17)26-14-13-22-9-11-23(12-10-22)20(25)15-16-1-5-18(24)6-2-16/h1-8,24H,9-15H2. The summed E-state index contributed by atoms with van der Waals surface area (Å²) in [6.07, 6.45) is 0.375. The van der Waals surface area contributed by atoms with Crippen molar-refractivity contribution >= 4 is 17.5 Å². The highest BCUT2D eigenvalue weighted by molar-refractivity contribution is 6.30. The normalized spacial score (nSPS) is 15.0. The maximum Gasteiger partial charge on any atom is 0.227 e. The number of carbonyl (C=O) groups is 1. The molecule has 0 atom stereocenters. The van der Waals surface area contributed by atoms with Crippen molar-refractivity contribution in [2.24, 2.45) is 0 Å². The molecule has 0 aromatic heterocycles. The molecular weight excluding hydrogens is 352 g/mol. The van der Waals surface area contributed by atoms with Crippen LogP contribution in [0.4, 0.5) is 0 Å². The fourth-order valence-corrected chi connectivity index (χ4v) is 3.07. The van der Waals surface area contributed by atoms with Crippen molar-refractivity contribution in [3.8, 4) is 11.5 Å². The Morgan fingerprint density at radius 2 is 1.65 bits per heavy atom. The Hall–Kier alpha value is -2.24. The SMILES string of the molecule is O=C(Cc1ccc(O)cc1)N1CCN(CCOc2ccc(Cl)cc2)CC1. The number of halogens is 1. The molecule has 3 rings (SSSR count). The van der Waals surface area contributed by atoms with Crippen LogP contribution in [-0.2, 0) is 11.2 Å². The highest BCUT2D eigenvalue weighted by atomic mass is 35.5. The van der Waals surface area contributed by atoms with Crippen LogP contribution in [-0.4, -0.2) is 60.1 Å². The molecule has 138 valence electrons. The molecule has 5 nitrogen and oxygen atoms in total. The van der Waals surface area contributed by atoms with Gasteiger partial charge in [-0.3, -0.25) is 9.69 Å². The first-order chi connectivity index (χ1) is 12.6. The molecule has 0 saturated carbocycles. The Kier molecular flexibility index (Phi) is 6.36. The van der Waals surface area contributed by atoms with Gasteiger partial charge in [0, 0.05) is 37.7 Å². The van der Waals surface area contributed by atoms with Gasteiger partial charge in [0.15, 0.2) is 0 Å². The van der Waals surface area contributed by atoms with Crippen molar-refractivity contribution in [1.82, 2.24) is 9.80 Å². The third kappa shape index (κ3) is 5.38. The number of phenolic OH excluding ortho intramolecular Hbond substituents is 1. The fourth-order valence-electron chi connectivity index (χ4n) is 2.94. The number of rotatable bonds is 6. The van der Waals surface area contributed by atoms with Gasteiger partial charge in [0.05, 0.1) is 6.42 Å². The maximum absolute atomic E-state index is 12.4. The lowest BCUT2D eigenvalue weighted by atomic mass is 10.1. The minimum absolute atomic E-state index is 0.132. The van der Waals surface area contributed by atoms with Gasteiger partial charge in [-0.05, 0) is 42.0 Å². The zero-order valence-electron chi connectivity index (χ0n) is 14.6. The predicted molar refractivity (Wildman–Crippen MR) is 102 cm³/mol. The second-order valence-corrected chi connectivity index (χ2v) is 6.80. The molecule has 0 radical (unpaired) electrons. The van der Waals surface area contributed by atoms with E-state index in [4.69, 9.17) is 16.3 Å². The molecule has 0 bridgehead atoms. The molecule has 1 aliphatic heterocycles. The summed E-state index contributed by atoms with van der Waals surface area (Å²) in [6.45, 7) is 4.62. The second kappa shape index (κ2) is 8.92. The number of nitrogens with zero attached hydrogens (tertiary/aromatic N) is 2. The molecule has 0 aliphatic carbocycles. The molecule has 1 N–H and O–H groups in total. The molecule has 1 heterocycles. The van der Waals surface area contributed by atoms with Crippen LogP contribution >= 0.6 is 11.6 Å². The molecule has 26 heavy (non-hydrogen) atoms. The van der Waals surface area contributed by atoms with Crippen LogP contribution in [0.25, 0.3) is 0 Å². The van der Waals surface area contributed by atoms with E-state index < -0.39 is 0 Å². The van der Waals surface area contributed by atoms with Crippen LogP contribution in [0.1, 0.15) is 5.56 Å². The lowest BCUT2D eigenvalue weighted by Crippen LogP contribution is -2.49. The average Bonchev–Trinajstić information content (AvgIpc) is 2.66. The minimum atomic E-state index is 0.132. The zero-order chi connectivity index (χ0) is 18.4. The number of phenols is 1. The largest absolute Gasteiger partial charge is 0.508 e. The van der Waals surface area contributed by atoms with Crippen molar-refractivity contribution in [2.45, 2.75) is 6.42 Å². The second-order valence-electron chi connectivity index (χ2n) is 6.37. The fraction of sp³-hybridized carbons (Fsp3) is 0.350. The van der Waals surface area contributed by atoms with Gasteiger partial charge < -0.3 is 14.7 Å². The molecule has 2 aromatic rings. The van der Waals surface area contributed by atoms with Crippen molar-refractivity contribution in [3.05, 3.63) is 59.1 Å². The van der Waals surface area contributed by atoms with Gasteiger partial charge in [0.1, 0.15) is 18.1 Å². The average molecular weight is 375 g/mol. The van der Waals surface area contributed by atoms with Crippen LogP contribution in [0.3, 0.4) is 0 Å². The highest BCUT2D eigenvalue weighted by Gasteiger charge is 2.21. The summed E-state index contributed by atoms with van der Waals surface area (Å²) in [7, 11) is 0. The van der Waals surface area contributed by atoms with E-state index in [-0.39, 0.29) is 11.7 Å². The zero-order valence-corrected chi connectivity index (χ0v) is 15.4. The molecule has 6 heteroatoms. The lowest BCUT2D eigenvalue weighted by Gasteiger charge is -2.34. The Morgan fingerprint density at radius 1 is 1.00 bits per heavy atom. The van der Waals surface area contributed by atoms with E-state index in [1.54, 1.807) is 24.3 Å². The summed E-state index contributed by atoms with van der Waals surface area (Å²) < 4.78 is 5.73. The van der Waals surface area contributed by atoms with E-state index in [2.05, 4.69) is 4.90 Å². The Bertz CT molecular complexity index is 711. The first kappa shape index (κ1) is 18.5. The molecule has 1 fully saturated rings. The smallest absolute Gasteiger partial charge is 0.227 e. The Balaban J connectivity index is 1.37. The van der Waals surface area contributed by atoms with Gasteiger partial charge in [0.2, 0.25) is 5.91 Å². The van der Waals surface area contributed by atoms with E-state index in [9.17, 15) is 9.90 Å². The van der Waals surface area contributed by atoms with E-state index in [0.29, 0.717) is 18.1 Å². The van der Waals surface area contributed by atoms with Crippen molar-refractivity contribution in [1.29, 1.82) is 0 Å². The number of aromatic hydroxyl groups is 1. The van der Waals surface area contributed by atoms with Crippen molar-refractivity contribution in [2.75, 3.05) is 39.3 Å². The molecular formula is C20H23ClN2O3. The van der Waals surface area contributed by atoms with Crippen molar-refractivity contribution < 1.29 is 14.6 Å². The third-order valence-corrected chi connectivity index (χ3v) is 4.76. The quantitative estimate of drug-likeness (QED) is 0.844. The van der Waals surface area contributed by atoms with Crippen LogP contribution in [0.15, 0.2) is 48.5 Å². The number of piperazine rings is 1. The number of amides is 1. The molecule has 1 amide bonds. The predicted octanol–water partition coefficient (Wildman–Crippen LogP) is 2.81. The summed E-state index contributed by atoms with van der Waals surface area (Å²) in [5.41, 5.74) is 0.923. The maximum atomic E-state index is 12.4. The summed E-state index contributed by atoms with van der Waals surface area (Å²) in [6, 6.07) is 14.2. The van der Waals surface area contributed by atoms with Crippen molar-refractivity contribution in [3.63, 3.8) is 0 Å². The van der Waals surface area contributed by atoms with Gasteiger partial charge in [-0.15, -0.1) is 0 Å². The van der Waals surface area contributed by atoms with E-state index in [1.807, 2.05) is 29.2 Å². The number of hydrogen-bond acceptors (Lipinski definition) is 4.